The van der Waals surface area contributed by atoms with E-state index in [2.05, 4.69) is 15.7 Å². The van der Waals surface area contributed by atoms with Crippen LogP contribution in [0.15, 0.2) is 48.8 Å². The van der Waals surface area contributed by atoms with E-state index in [0.29, 0.717) is 17.8 Å². The van der Waals surface area contributed by atoms with E-state index in [1.165, 1.54) is 12.1 Å². The molecule has 0 radical (unpaired) electrons. The van der Waals surface area contributed by atoms with Crippen molar-refractivity contribution in [3.63, 3.8) is 0 Å². The van der Waals surface area contributed by atoms with Crippen molar-refractivity contribution in [3.05, 3.63) is 65.7 Å². The number of nitrogens with zero attached hydrogens (tertiary/aromatic N) is 2. The summed E-state index contributed by atoms with van der Waals surface area (Å²) in [5, 5.41) is 9.69. The van der Waals surface area contributed by atoms with E-state index < -0.39 is 11.7 Å². The lowest BCUT2D eigenvalue weighted by Gasteiger charge is -2.24. The van der Waals surface area contributed by atoms with Gasteiger partial charge in [0.15, 0.2) is 0 Å². The van der Waals surface area contributed by atoms with Gasteiger partial charge in [-0.3, -0.25) is 9.59 Å². The first-order valence-corrected chi connectivity index (χ1v) is 7.90. The van der Waals surface area contributed by atoms with Gasteiger partial charge in [-0.15, -0.1) is 0 Å². The molecule has 0 bridgehead atoms. The Balaban J connectivity index is 1.54. The van der Waals surface area contributed by atoms with Gasteiger partial charge in [-0.2, -0.15) is 5.10 Å². The highest BCUT2D eigenvalue weighted by atomic mass is 19.1. The van der Waals surface area contributed by atoms with E-state index in [1.54, 1.807) is 16.8 Å². The molecule has 0 saturated heterocycles. The number of hydrogen-bond donors (Lipinski definition) is 2. The molecule has 1 atom stereocenters. The first-order chi connectivity index (χ1) is 12.1. The minimum Gasteiger partial charge on any atom is -0.351 e. The van der Waals surface area contributed by atoms with Crippen LogP contribution >= 0.6 is 0 Å². The van der Waals surface area contributed by atoms with E-state index >= 15 is 0 Å². The SMILES string of the molecule is O=C1CC(C(=O)NCc2cnn3ccccc23)c2ccc(F)cc2N1. The van der Waals surface area contributed by atoms with Gasteiger partial charge >= 0.3 is 0 Å². The van der Waals surface area contributed by atoms with Gasteiger partial charge in [0, 0.05) is 30.4 Å². The zero-order valence-corrected chi connectivity index (χ0v) is 13.2. The van der Waals surface area contributed by atoms with Crippen molar-refractivity contribution in [2.75, 3.05) is 5.32 Å². The maximum absolute atomic E-state index is 13.4. The molecule has 2 N–H and O–H groups in total. The fourth-order valence-electron chi connectivity index (χ4n) is 3.10. The molecule has 2 aromatic heterocycles. The van der Waals surface area contributed by atoms with Crippen LogP contribution in [-0.2, 0) is 16.1 Å². The molecule has 1 aliphatic heterocycles. The number of benzene rings is 1. The topological polar surface area (TPSA) is 75.5 Å². The van der Waals surface area contributed by atoms with Gasteiger partial charge in [0.2, 0.25) is 11.8 Å². The zero-order chi connectivity index (χ0) is 17.4. The maximum Gasteiger partial charge on any atom is 0.228 e. The van der Waals surface area contributed by atoms with Gasteiger partial charge in [0.1, 0.15) is 5.82 Å². The first kappa shape index (κ1) is 15.3. The molecule has 126 valence electrons. The third kappa shape index (κ3) is 2.84. The number of halogens is 1. The van der Waals surface area contributed by atoms with E-state index in [0.717, 1.165) is 11.1 Å². The predicted molar refractivity (Wildman–Crippen MR) is 89.4 cm³/mol. The molecule has 25 heavy (non-hydrogen) atoms. The second-order valence-electron chi connectivity index (χ2n) is 5.95. The number of nitrogens with one attached hydrogen (secondary N) is 2. The van der Waals surface area contributed by atoms with Crippen molar-refractivity contribution >= 4 is 23.0 Å². The average Bonchev–Trinajstić information content (AvgIpc) is 3.01. The Bertz CT molecular complexity index is 982. The smallest absolute Gasteiger partial charge is 0.228 e. The molecule has 3 aromatic rings. The summed E-state index contributed by atoms with van der Waals surface area (Å²) in [4.78, 5) is 24.4. The molecule has 4 rings (SSSR count). The molecule has 0 saturated carbocycles. The number of anilines is 1. The Morgan fingerprint density at radius 2 is 2.24 bits per heavy atom. The molecule has 0 aliphatic carbocycles. The third-order valence-corrected chi connectivity index (χ3v) is 4.33. The highest BCUT2D eigenvalue weighted by Crippen LogP contribution is 2.32. The molecule has 2 amide bonds. The molecule has 7 heteroatoms. The Hall–Kier alpha value is -3.22. The van der Waals surface area contributed by atoms with Crippen LogP contribution in [0.3, 0.4) is 0 Å². The minimum atomic E-state index is -0.633. The number of aromatic nitrogens is 2. The van der Waals surface area contributed by atoms with Gasteiger partial charge < -0.3 is 10.6 Å². The number of pyridine rings is 1. The number of carbonyl (C=O) groups excluding carboxylic acids is 2. The number of rotatable bonds is 3. The van der Waals surface area contributed by atoms with Crippen molar-refractivity contribution < 1.29 is 14.0 Å². The van der Waals surface area contributed by atoms with Crippen LogP contribution in [-0.4, -0.2) is 21.4 Å². The monoisotopic (exact) mass is 338 g/mol. The van der Waals surface area contributed by atoms with Gasteiger partial charge in [-0.25, -0.2) is 8.91 Å². The Morgan fingerprint density at radius 1 is 1.36 bits per heavy atom. The lowest BCUT2D eigenvalue weighted by atomic mass is 9.89. The quantitative estimate of drug-likeness (QED) is 0.769. The molecule has 6 nitrogen and oxygen atoms in total. The fourth-order valence-corrected chi connectivity index (χ4v) is 3.10. The number of fused-ring (bicyclic) bond motifs is 2. The molecule has 1 unspecified atom stereocenters. The number of amides is 2. The highest BCUT2D eigenvalue weighted by molar-refractivity contribution is 6.01. The summed E-state index contributed by atoms with van der Waals surface area (Å²) in [5.74, 6) is -1.65. The van der Waals surface area contributed by atoms with Crippen molar-refractivity contribution in [2.45, 2.75) is 18.9 Å². The normalized spacial score (nSPS) is 16.4. The van der Waals surface area contributed by atoms with Crippen LogP contribution < -0.4 is 10.6 Å². The summed E-state index contributed by atoms with van der Waals surface area (Å²) in [6.07, 6.45) is 3.57. The molecule has 0 fully saturated rings. The third-order valence-electron chi connectivity index (χ3n) is 4.33. The van der Waals surface area contributed by atoms with Gasteiger partial charge in [0.05, 0.1) is 17.6 Å². The molecule has 1 aliphatic rings. The summed E-state index contributed by atoms with van der Waals surface area (Å²) in [6, 6.07) is 9.77. The van der Waals surface area contributed by atoms with Crippen LogP contribution in [0.25, 0.3) is 5.52 Å². The zero-order valence-electron chi connectivity index (χ0n) is 13.2. The van der Waals surface area contributed by atoms with Crippen LogP contribution in [0.2, 0.25) is 0 Å². The summed E-state index contributed by atoms with van der Waals surface area (Å²) in [6.45, 7) is 0.307. The number of hydrogen-bond acceptors (Lipinski definition) is 3. The predicted octanol–water partition coefficient (Wildman–Crippen LogP) is 2.22. The van der Waals surface area contributed by atoms with Crippen LogP contribution in [0.5, 0.6) is 0 Å². The fraction of sp³-hybridized carbons (Fsp3) is 0.167. The summed E-state index contributed by atoms with van der Waals surface area (Å²) < 4.78 is 15.1. The van der Waals surface area contributed by atoms with Gasteiger partial charge in [-0.05, 0) is 29.8 Å². The van der Waals surface area contributed by atoms with Crippen molar-refractivity contribution in [2.24, 2.45) is 0 Å². The van der Waals surface area contributed by atoms with Crippen molar-refractivity contribution in [1.82, 2.24) is 14.9 Å². The van der Waals surface area contributed by atoms with Gasteiger partial charge in [0.25, 0.3) is 0 Å². The largest absolute Gasteiger partial charge is 0.351 e. The van der Waals surface area contributed by atoms with E-state index in [9.17, 15) is 14.0 Å². The standard InChI is InChI=1S/C18H15FN4O2/c19-12-4-5-13-14(8-17(24)22-15(13)7-12)18(25)20-9-11-10-21-23-6-2-1-3-16(11)23/h1-7,10,14H,8-9H2,(H,20,25)(H,22,24). The number of carbonyl (C=O) groups is 2. The van der Waals surface area contributed by atoms with E-state index in [4.69, 9.17) is 0 Å². The summed E-state index contributed by atoms with van der Waals surface area (Å²) in [5.41, 5.74) is 2.77. The minimum absolute atomic E-state index is 0.0409. The molecular formula is C18H15FN4O2. The highest BCUT2D eigenvalue weighted by Gasteiger charge is 2.30. The second-order valence-corrected chi connectivity index (χ2v) is 5.95. The van der Waals surface area contributed by atoms with Gasteiger partial charge in [-0.1, -0.05) is 12.1 Å². The first-order valence-electron chi connectivity index (χ1n) is 7.90. The van der Waals surface area contributed by atoms with E-state index in [-0.39, 0.29) is 18.2 Å². The molecule has 1 aromatic carbocycles. The van der Waals surface area contributed by atoms with Crippen molar-refractivity contribution in [3.8, 4) is 0 Å². The average molecular weight is 338 g/mol. The van der Waals surface area contributed by atoms with Crippen LogP contribution in [0, 0.1) is 5.82 Å². The van der Waals surface area contributed by atoms with Crippen LogP contribution in [0.4, 0.5) is 10.1 Å². The molecular weight excluding hydrogens is 323 g/mol. The molecule has 3 heterocycles. The Morgan fingerprint density at radius 3 is 3.12 bits per heavy atom. The van der Waals surface area contributed by atoms with Crippen molar-refractivity contribution in [1.29, 1.82) is 0 Å². The molecule has 0 spiro atoms. The van der Waals surface area contributed by atoms with E-state index in [1.807, 2.05) is 24.4 Å². The Kier molecular flexibility index (Phi) is 3.68. The lowest BCUT2D eigenvalue weighted by molar-refractivity contribution is -0.126. The summed E-state index contributed by atoms with van der Waals surface area (Å²) >= 11 is 0. The van der Waals surface area contributed by atoms with Crippen LogP contribution in [0.1, 0.15) is 23.5 Å². The summed E-state index contributed by atoms with van der Waals surface area (Å²) in [7, 11) is 0. The Labute approximate surface area is 142 Å². The maximum atomic E-state index is 13.4. The lowest BCUT2D eigenvalue weighted by Crippen LogP contribution is -2.34. The second kappa shape index (κ2) is 6.01.